The number of ether oxygens (including phenoxy) is 2. The van der Waals surface area contributed by atoms with Crippen LogP contribution in [-0.4, -0.2) is 42.7 Å². The molecular formula is C14H18N4O5S. The van der Waals surface area contributed by atoms with E-state index < -0.39 is 23.9 Å². The highest BCUT2D eigenvalue weighted by Gasteiger charge is 2.21. The molecule has 1 aromatic carbocycles. The van der Waals surface area contributed by atoms with Crippen LogP contribution >= 0.6 is 11.8 Å². The van der Waals surface area contributed by atoms with Gasteiger partial charge < -0.3 is 20.5 Å². The number of primary amides is 1. The zero-order valence-corrected chi connectivity index (χ0v) is 13.8. The first-order chi connectivity index (χ1) is 11.5. The van der Waals surface area contributed by atoms with E-state index in [2.05, 4.69) is 16.2 Å². The Bertz CT molecular complexity index is 640. The van der Waals surface area contributed by atoms with Crippen molar-refractivity contribution in [2.75, 3.05) is 18.8 Å². The minimum Gasteiger partial charge on any atom is -0.454 e. The highest BCUT2D eigenvalue weighted by Crippen LogP contribution is 2.32. The fourth-order valence-corrected chi connectivity index (χ4v) is 2.46. The third kappa shape index (κ3) is 4.69. The average Bonchev–Trinajstić information content (AvgIpc) is 3.03. The van der Waals surface area contributed by atoms with Crippen LogP contribution in [0.25, 0.3) is 0 Å². The second-order valence-corrected chi connectivity index (χ2v) is 5.84. The van der Waals surface area contributed by atoms with Crippen LogP contribution in [0.3, 0.4) is 0 Å². The van der Waals surface area contributed by atoms with Crippen molar-refractivity contribution in [2.45, 2.75) is 12.5 Å². The molecule has 1 aliphatic rings. The molecule has 24 heavy (non-hydrogen) atoms. The molecule has 5 N–H and O–H groups in total. The summed E-state index contributed by atoms with van der Waals surface area (Å²) in [7, 11) is 0. The number of thioether (sulfide) groups is 1. The number of urea groups is 1. The van der Waals surface area contributed by atoms with Crippen molar-refractivity contribution in [3.63, 3.8) is 0 Å². The molecule has 1 atom stereocenters. The summed E-state index contributed by atoms with van der Waals surface area (Å²) in [5, 5.41) is 2.34. The van der Waals surface area contributed by atoms with E-state index in [0.717, 1.165) is 0 Å². The summed E-state index contributed by atoms with van der Waals surface area (Å²) in [5.41, 5.74) is 9.91. The Labute approximate surface area is 142 Å². The van der Waals surface area contributed by atoms with Crippen molar-refractivity contribution in [1.82, 2.24) is 16.2 Å². The van der Waals surface area contributed by atoms with Gasteiger partial charge in [-0.25, -0.2) is 4.79 Å². The van der Waals surface area contributed by atoms with Crippen LogP contribution in [0.1, 0.15) is 16.8 Å². The van der Waals surface area contributed by atoms with E-state index in [9.17, 15) is 14.4 Å². The second kappa shape index (κ2) is 8.29. The smallest absolute Gasteiger partial charge is 0.312 e. The maximum Gasteiger partial charge on any atom is 0.312 e. The number of hydrazine groups is 1. The van der Waals surface area contributed by atoms with Gasteiger partial charge in [0.2, 0.25) is 6.79 Å². The van der Waals surface area contributed by atoms with Crippen LogP contribution in [0.2, 0.25) is 0 Å². The monoisotopic (exact) mass is 354 g/mol. The molecule has 4 amide bonds. The van der Waals surface area contributed by atoms with E-state index in [4.69, 9.17) is 15.2 Å². The number of carbonyl (C=O) groups is 3. The maximum absolute atomic E-state index is 12.1. The quantitative estimate of drug-likeness (QED) is 0.530. The fraction of sp³-hybridized carbons (Fsp3) is 0.357. The van der Waals surface area contributed by atoms with Gasteiger partial charge in [-0.2, -0.15) is 11.8 Å². The van der Waals surface area contributed by atoms with E-state index in [1.54, 1.807) is 12.1 Å². The highest BCUT2D eigenvalue weighted by molar-refractivity contribution is 7.98. The van der Waals surface area contributed by atoms with E-state index in [0.29, 0.717) is 29.2 Å². The Morgan fingerprint density at radius 3 is 2.71 bits per heavy atom. The number of benzene rings is 1. The van der Waals surface area contributed by atoms with E-state index in [1.165, 1.54) is 17.8 Å². The van der Waals surface area contributed by atoms with Gasteiger partial charge in [0.25, 0.3) is 11.8 Å². The molecule has 9 nitrogen and oxygen atoms in total. The molecule has 1 heterocycles. The van der Waals surface area contributed by atoms with Gasteiger partial charge >= 0.3 is 6.03 Å². The lowest BCUT2D eigenvalue weighted by Gasteiger charge is -2.17. The van der Waals surface area contributed by atoms with Crippen molar-refractivity contribution < 1.29 is 23.9 Å². The van der Waals surface area contributed by atoms with E-state index in [1.807, 2.05) is 6.26 Å². The van der Waals surface area contributed by atoms with Gasteiger partial charge in [-0.15, -0.1) is 0 Å². The molecule has 130 valence electrons. The van der Waals surface area contributed by atoms with Gasteiger partial charge in [0.15, 0.2) is 11.5 Å². The minimum atomic E-state index is -0.827. The summed E-state index contributed by atoms with van der Waals surface area (Å²) < 4.78 is 10.3. The molecule has 0 fully saturated rings. The molecule has 10 heteroatoms. The lowest BCUT2D eigenvalue weighted by atomic mass is 10.2. The zero-order chi connectivity index (χ0) is 17.5. The summed E-state index contributed by atoms with van der Waals surface area (Å²) in [6.07, 6.45) is 2.26. The molecular weight excluding hydrogens is 336 g/mol. The van der Waals surface area contributed by atoms with Gasteiger partial charge in [-0.3, -0.25) is 20.4 Å². The number of carbonyl (C=O) groups excluding carboxylic acids is 3. The maximum atomic E-state index is 12.1. The molecule has 0 aromatic heterocycles. The first kappa shape index (κ1) is 17.7. The summed E-state index contributed by atoms with van der Waals surface area (Å²) in [5.74, 6) is 0.580. The largest absolute Gasteiger partial charge is 0.454 e. The van der Waals surface area contributed by atoms with Crippen molar-refractivity contribution in [2.24, 2.45) is 5.73 Å². The summed E-state index contributed by atoms with van der Waals surface area (Å²) >= 11 is 1.52. The molecule has 0 bridgehead atoms. The Balaban J connectivity index is 1.91. The van der Waals surface area contributed by atoms with Gasteiger partial charge in [0.1, 0.15) is 6.04 Å². The molecule has 1 aromatic rings. The molecule has 0 spiro atoms. The third-order valence-electron chi connectivity index (χ3n) is 3.18. The Morgan fingerprint density at radius 2 is 2.00 bits per heavy atom. The minimum absolute atomic E-state index is 0.104. The Hall–Kier alpha value is -2.62. The van der Waals surface area contributed by atoms with Crippen LogP contribution in [0.15, 0.2) is 18.2 Å². The molecule has 0 radical (unpaired) electrons. The van der Waals surface area contributed by atoms with Gasteiger partial charge in [0.05, 0.1) is 0 Å². The molecule has 0 saturated heterocycles. The second-order valence-electron chi connectivity index (χ2n) is 4.85. The summed E-state index contributed by atoms with van der Waals surface area (Å²) in [6, 6.07) is 3.03. The molecule has 0 saturated carbocycles. The Morgan fingerprint density at radius 1 is 1.25 bits per heavy atom. The summed E-state index contributed by atoms with van der Waals surface area (Å²) in [6.45, 7) is 0.104. The van der Waals surface area contributed by atoms with E-state index in [-0.39, 0.29) is 6.79 Å². The predicted octanol–water partition coefficient (Wildman–Crippen LogP) is -0.0337. The highest BCUT2D eigenvalue weighted by atomic mass is 32.2. The zero-order valence-electron chi connectivity index (χ0n) is 13.0. The SMILES string of the molecule is CSCC[C@H](NC(N)=O)C(=O)NNC(=O)c1ccc2c(c1)OCO2. The number of rotatable bonds is 6. The fourth-order valence-electron chi connectivity index (χ4n) is 1.99. The van der Waals surface area contributed by atoms with Gasteiger partial charge in [-0.05, 0) is 36.6 Å². The lowest BCUT2D eigenvalue weighted by Crippen LogP contribution is -2.53. The molecule has 0 aliphatic carbocycles. The van der Waals surface area contributed by atoms with Gasteiger partial charge in [-0.1, -0.05) is 0 Å². The van der Waals surface area contributed by atoms with Crippen LogP contribution in [0, 0.1) is 0 Å². The number of nitrogens with two attached hydrogens (primary N) is 1. The average molecular weight is 354 g/mol. The lowest BCUT2D eigenvalue weighted by molar-refractivity contribution is -0.123. The predicted molar refractivity (Wildman–Crippen MR) is 87.7 cm³/mol. The van der Waals surface area contributed by atoms with Crippen LogP contribution in [0.5, 0.6) is 11.5 Å². The Kier molecular flexibility index (Phi) is 6.13. The van der Waals surface area contributed by atoms with Gasteiger partial charge in [0, 0.05) is 5.56 Å². The van der Waals surface area contributed by atoms with Crippen LogP contribution < -0.4 is 31.4 Å². The molecule has 1 aliphatic heterocycles. The molecule has 2 rings (SSSR count). The van der Waals surface area contributed by atoms with Crippen molar-refractivity contribution >= 4 is 29.6 Å². The van der Waals surface area contributed by atoms with E-state index >= 15 is 0 Å². The number of amides is 4. The number of hydrogen-bond donors (Lipinski definition) is 4. The number of fused-ring (bicyclic) bond motifs is 1. The topological polar surface area (TPSA) is 132 Å². The first-order valence-corrected chi connectivity index (χ1v) is 8.45. The number of hydrogen-bond acceptors (Lipinski definition) is 6. The first-order valence-electron chi connectivity index (χ1n) is 7.06. The van der Waals surface area contributed by atoms with Crippen molar-refractivity contribution in [3.8, 4) is 11.5 Å². The number of nitrogens with one attached hydrogen (secondary N) is 3. The third-order valence-corrected chi connectivity index (χ3v) is 3.82. The normalized spacial score (nSPS) is 13.0. The van der Waals surface area contributed by atoms with Crippen LogP contribution in [-0.2, 0) is 4.79 Å². The van der Waals surface area contributed by atoms with Crippen molar-refractivity contribution in [3.05, 3.63) is 23.8 Å². The molecule has 0 unspecified atom stereocenters. The van der Waals surface area contributed by atoms with Crippen molar-refractivity contribution in [1.29, 1.82) is 0 Å². The van der Waals surface area contributed by atoms with Crippen LogP contribution in [0.4, 0.5) is 4.79 Å². The standard InChI is InChI=1S/C14H18N4O5S/c1-24-5-4-9(16-14(15)21)13(20)18-17-12(19)8-2-3-10-11(6-8)23-7-22-10/h2-3,6,9H,4-5,7H2,1H3,(H,17,19)(H,18,20)(H3,15,16,21)/t9-/m0/s1. The summed E-state index contributed by atoms with van der Waals surface area (Å²) in [4.78, 5) is 35.1.